The third-order valence-electron chi connectivity index (χ3n) is 4.25. The van der Waals surface area contributed by atoms with E-state index in [1.807, 2.05) is 0 Å². The van der Waals surface area contributed by atoms with Gasteiger partial charge in [0.2, 0.25) is 0 Å². The Morgan fingerprint density at radius 1 is 0.933 bits per heavy atom. The van der Waals surface area contributed by atoms with Crippen molar-refractivity contribution in [1.82, 2.24) is 4.98 Å². The van der Waals surface area contributed by atoms with Crippen molar-refractivity contribution in [2.75, 3.05) is 18.5 Å². The summed E-state index contributed by atoms with van der Waals surface area (Å²) in [5.41, 5.74) is 0.440. The van der Waals surface area contributed by atoms with Crippen LogP contribution in [-0.2, 0) is 16.6 Å². The Labute approximate surface area is 171 Å². The number of ether oxygens (including phenoxy) is 2. The SMILES string of the molecule is COc1ccc(CN(c2ccc(F)cn2)S(=O)(=O)c2ccc(F)c(F)c2)c(OC)c1. The van der Waals surface area contributed by atoms with Crippen LogP contribution in [0.5, 0.6) is 11.5 Å². The first kappa shape index (κ1) is 21.4. The summed E-state index contributed by atoms with van der Waals surface area (Å²) in [5, 5.41) is 0. The molecule has 3 rings (SSSR count). The van der Waals surface area contributed by atoms with Crippen molar-refractivity contribution in [2.45, 2.75) is 11.4 Å². The quantitative estimate of drug-likeness (QED) is 0.560. The smallest absolute Gasteiger partial charge is 0.265 e. The van der Waals surface area contributed by atoms with Crippen LogP contribution in [0.15, 0.2) is 59.6 Å². The zero-order valence-corrected chi connectivity index (χ0v) is 16.8. The second-order valence-electron chi connectivity index (χ2n) is 6.10. The van der Waals surface area contributed by atoms with Gasteiger partial charge in [0.15, 0.2) is 11.6 Å². The molecule has 30 heavy (non-hydrogen) atoms. The summed E-state index contributed by atoms with van der Waals surface area (Å²) in [6, 6.07) is 9.21. The molecule has 0 aliphatic carbocycles. The Balaban J connectivity index is 2.12. The van der Waals surface area contributed by atoms with Crippen LogP contribution in [0.4, 0.5) is 19.0 Å². The first-order valence-electron chi connectivity index (χ1n) is 8.56. The Morgan fingerprint density at radius 2 is 1.70 bits per heavy atom. The van der Waals surface area contributed by atoms with E-state index in [0.29, 0.717) is 29.2 Å². The first-order valence-corrected chi connectivity index (χ1v) is 10.0. The highest BCUT2D eigenvalue weighted by atomic mass is 32.2. The molecule has 2 aromatic carbocycles. The van der Waals surface area contributed by atoms with E-state index in [1.165, 1.54) is 20.3 Å². The molecule has 0 saturated heterocycles. The summed E-state index contributed by atoms with van der Waals surface area (Å²) < 4.78 is 78.1. The van der Waals surface area contributed by atoms with Crippen LogP contribution in [0.3, 0.4) is 0 Å². The number of aromatic nitrogens is 1. The van der Waals surface area contributed by atoms with Crippen molar-refractivity contribution >= 4 is 15.8 Å². The lowest BCUT2D eigenvalue weighted by Gasteiger charge is -2.24. The maximum absolute atomic E-state index is 13.7. The minimum absolute atomic E-state index is 0.112. The molecule has 0 aliphatic rings. The molecule has 0 bridgehead atoms. The van der Waals surface area contributed by atoms with E-state index in [2.05, 4.69) is 4.98 Å². The van der Waals surface area contributed by atoms with Gasteiger partial charge in [-0.25, -0.2) is 30.9 Å². The van der Waals surface area contributed by atoms with E-state index in [-0.39, 0.29) is 12.4 Å². The highest BCUT2D eigenvalue weighted by Crippen LogP contribution is 2.30. The van der Waals surface area contributed by atoms with Crippen LogP contribution in [0.1, 0.15) is 5.56 Å². The molecule has 0 amide bonds. The van der Waals surface area contributed by atoms with Crippen molar-refractivity contribution in [3.8, 4) is 11.5 Å². The van der Waals surface area contributed by atoms with Gasteiger partial charge in [-0.2, -0.15) is 0 Å². The molecular formula is C20H17F3N2O4S. The first-order chi connectivity index (χ1) is 14.3. The van der Waals surface area contributed by atoms with Gasteiger partial charge in [-0.15, -0.1) is 0 Å². The molecule has 0 atom stereocenters. The van der Waals surface area contributed by atoms with E-state index in [1.54, 1.807) is 18.2 Å². The molecule has 3 aromatic rings. The molecule has 6 nitrogen and oxygen atoms in total. The third-order valence-corrected chi connectivity index (χ3v) is 6.00. The molecule has 0 radical (unpaired) electrons. The number of pyridine rings is 1. The predicted molar refractivity (Wildman–Crippen MR) is 103 cm³/mol. The zero-order chi connectivity index (χ0) is 21.9. The summed E-state index contributed by atoms with van der Waals surface area (Å²) in [4.78, 5) is 3.35. The normalized spacial score (nSPS) is 11.2. The highest BCUT2D eigenvalue weighted by Gasteiger charge is 2.28. The highest BCUT2D eigenvalue weighted by molar-refractivity contribution is 7.92. The van der Waals surface area contributed by atoms with E-state index in [9.17, 15) is 21.6 Å². The van der Waals surface area contributed by atoms with Crippen LogP contribution < -0.4 is 13.8 Å². The number of hydrogen-bond donors (Lipinski definition) is 0. The maximum Gasteiger partial charge on any atom is 0.265 e. The standard InChI is InChI=1S/C20H17F3N2O4S/c1-28-15-5-3-13(19(9-15)29-2)12-25(20-8-4-14(21)11-24-20)30(26,27)16-6-7-17(22)18(23)10-16/h3-11H,12H2,1-2H3. The number of nitrogens with zero attached hydrogens (tertiary/aromatic N) is 2. The summed E-state index contributed by atoms with van der Waals surface area (Å²) in [5.74, 6) is -2.44. The van der Waals surface area contributed by atoms with Crippen molar-refractivity contribution in [3.05, 3.63) is 77.7 Å². The van der Waals surface area contributed by atoms with Gasteiger partial charge in [0.1, 0.15) is 23.1 Å². The Morgan fingerprint density at radius 3 is 2.30 bits per heavy atom. The van der Waals surface area contributed by atoms with Gasteiger partial charge in [-0.05, 0) is 42.5 Å². The van der Waals surface area contributed by atoms with Crippen molar-refractivity contribution < 1.29 is 31.1 Å². The summed E-state index contributed by atoms with van der Waals surface area (Å²) >= 11 is 0. The number of halogens is 3. The minimum Gasteiger partial charge on any atom is -0.497 e. The molecule has 0 saturated carbocycles. The number of anilines is 1. The van der Waals surface area contributed by atoms with E-state index in [4.69, 9.17) is 9.47 Å². The summed E-state index contributed by atoms with van der Waals surface area (Å²) in [7, 11) is -1.52. The van der Waals surface area contributed by atoms with Gasteiger partial charge in [0.05, 0.1) is 31.9 Å². The second-order valence-corrected chi connectivity index (χ2v) is 7.96. The summed E-state index contributed by atoms with van der Waals surface area (Å²) in [6.07, 6.45) is 0.856. The fourth-order valence-corrected chi connectivity index (χ4v) is 4.12. The lowest BCUT2D eigenvalue weighted by Crippen LogP contribution is -2.31. The molecule has 0 unspecified atom stereocenters. The molecule has 0 N–H and O–H groups in total. The van der Waals surface area contributed by atoms with Crippen LogP contribution in [-0.4, -0.2) is 27.6 Å². The van der Waals surface area contributed by atoms with Crippen molar-refractivity contribution in [1.29, 1.82) is 0 Å². The van der Waals surface area contributed by atoms with Crippen LogP contribution in [0.2, 0.25) is 0 Å². The average Bonchev–Trinajstić information content (AvgIpc) is 2.74. The van der Waals surface area contributed by atoms with E-state index >= 15 is 0 Å². The predicted octanol–water partition coefficient (Wildman–Crippen LogP) is 3.91. The number of sulfonamides is 1. The van der Waals surface area contributed by atoms with E-state index < -0.39 is 32.4 Å². The number of methoxy groups -OCH3 is 2. The lowest BCUT2D eigenvalue weighted by atomic mass is 10.2. The second kappa shape index (κ2) is 8.62. The van der Waals surface area contributed by atoms with Gasteiger partial charge in [-0.3, -0.25) is 0 Å². The molecule has 1 heterocycles. The summed E-state index contributed by atoms with van der Waals surface area (Å²) in [6.45, 7) is -0.271. The van der Waals surface area contributed by atoms with Gasteiger partial charge in [-0.1, -0.05) is 0 Å². The number of rotatable bonds is 7. The Kier molecular flexibility index (Phi) is 6.16. The van der Waals surface area contributed by atoms with Gasteiger partial charge in [0.25, 0.3) is 10.0 Å². The Bertz CT molecular complexity index is 1160. The van der Waals surface area contributed by atoms with Gasteiger partial charge in [0, 0.05) is 11.6 Å². The van der Waals surface area contributed by atoms with E-state index in [0.717, 1.165) is 22.6 Å². The molecule has 0 spiro atoms. The van der Waals surface area contributed by atoms with Crippen molar-refractivity contribution in [3.63, 3.8) is 0 Å². The van der Waals surface area contributed by atoms with Crippen LogP contribution in [0, 0.1) is 17.5 Å². The number of benzene rings is 2. The minimum atomic E-state index is -4.39. The largest absolute Gasteiger partial charge is 0.497 e. The monoisotopic (exact) mass is 438 g/mol. The van der Waals surface area contributed by atoms with Gasteiger partial charge < -0.3 is 9.47 Å². The molecular weight excluding hydrogens is 421 g/mol. The lowest BCUT2D eigenvalue weighted by molar-refractivity contribution is 0.391. The fraction of sp³-hybridized carbons (Fsp3) is 0.150. The average molecular weight is 438 g/mol. The molecule has 158 valence electrons. The zero-order valence-electron chi connectivity index (χ0n) is 16.0. The molecule has 10 heteroatoms. The molecule has 1 aromatic heterocycles. The fourth-order valence-electron chi connectivity index (χ4n) is 2.71. The third kappa shape index (κ3) is 4.33. The topological polar surface area (TPSA) is 68.7 Å². The Hall–Kier alpha value is -3.27. The number of hydrogen-bond acceptors (Lipinski definition) is 5. The van der Waals surface area contributed by atoms with Gasteiger partial charge >= 0.3 is 0 Å². The maximum atomic E-state index is 13.7. The van der Waals surface area contributed by atoms with Crippen LogP contribution >= 0.6 is 0 Å². The van der Waals surface area contributed by atoms with Crippen molar-refractivity contribution in [2.24, 2.45) is 0 Å². The van der Waals surface area contributed by atoms with Crippen LogP contribution in [0.25, 0.3) is 0 Å². The molecule has 0 fully saturated rings. The molecule has 0 aliphatic heterocycles.